The first-order valence-corrected chi connectivity index (χ1v) is 5.21. The molecule has 3 rings (SSSR count). The molecule has 0 spiro atoms. The average Bonchev–Trinajstić information content (AvgIpc) is 2.72. The highest BCUT2D eigenvalue weighted by Gasteiger charge is 2.36. The van der Waals surface area contributed by atoms with E-state index in [-0.39, 0.29) is 17.7 Å². The van der Waals surface area contributed by atoms with E-state index in [1.54, 1.807) is 4.57 Å². The Balaban J connectivity index is 2.39. The van der Waals surface area contributed by atoms with Crippen LogP contribution in [0.25, 0.3) is 11.0 Å². The van der Waals surface area contributed by atoms with Gasteiger partial charge in [-0.05, 0) is 12.1 Å². The molecule has 0 radical (unpaired) electrons. The van der Waals surface area contributed by atoms with Crippen molar-refractivity contribution in [1.82, 2.24) is 9.55 Å². The normalized spacial score (nSPS) is 24.8. The van der Waals surface area contributed by atoms with Gasteiger partial charge in [-0.15, -0.1) is 0 Å². The molecule has 2 aromatic rings. The van der Waals surface area contributed by atoms with Gasteiger partial charge in [0.15, 0.2) is 0 Å². The second-order valence-corrected chi connectivity index (χ2v) is 4.21. The van der Waals surface area contributed by atoms with Crippen LogP contribution in [0.5, 0.6) is 0 Å². The lowest BCUT2D eigenvalue weighted by atomic mass is 9.99. The number of rotatable bonds is 0. The van der Waals surface area contributed by atoms with Crippen LogP contribution in [0.15, 0.2) is 24.3 Å². The number of fused-ring (bicyclic) bond motifs is 3. The van der Waals surface area contributed by atoms with E-state index < -0.39 is 0 Å². The summed E-state index contributed by atoms with van der Waals surface area (Å²) in [4.78, 5) is 16.5. The summed E-state index contributed by atoms with van der Waals surface area (Å²) in [6, 6.07) is 7.79. The summed E-state index contributed by atoms with van der Waals surface area (Å²) in [5.41, 5.74) is 1.85. The van der Waals surface area contributed by atoms with Crippen molar-refractivity contribution in [1.29, 1.82) is 0 Å². The van der Waals surface area contributed by atoms with Crippen LogP contribution in [-0.4, -0.2) is 15.5 Å². The van der Waals surface area contributed by atoms with Crippen molar-refractivity contribution >= 4 is 16.9 Å². The van der Waals surface area contributed by atoms with Crippen molar-refractivity contribution in [2.24, 2.45) is 5.92 Å². The molecule has 1 aliphatic rings. The van der Waals surface area contributed by atoms with Crippen molar-refractivity contribution in [3.8, 4) is 0 Å². The predicted octanol–water partition coefficient (Wildman–Crippen LogP) is 2.43. The molecule has 0 saturated carbocycles. The Labute approximate surface area is 87.7 Å². The number of aromatic nitrogens is 2. The third kappa shape index (κ3) is 0.950. The number of carbonyl (C=O) groups is 1. The van der Waals surface area contributed by atoms with E-state index in [4.69, 9.17) is 0 Å². The fourth-order valence-electron chi connectivity index (χ4n) is 2.22. The van der Waals surface area contributed by atoms with Gasteiger partial charge in [-0.3, -0.25) is 9.36 Å². The topological polar surface area (TPSA) is 34.9 Å². The van der Waals surface area contributed by atoms with Crippen LogP contribution in [0.2, 0.25) is 0 Å². The lowest BCUT2D eigenvalue weighted by Crippen LogP contribution is -2.12. The molecule has 0 aliphatic carbocycles. The summed E-state index contributed by atoms with van der Waals surface area (Å²) in [6.45, 7) is 4.03. The minimum Gasteiger partial charge on any atom is -0.274 e. The maximum absolute atomic E-state index is 12.0. The standard InChI is InChI=1S/C12H12N2O/c1-7-8(2)12(15)14-10-6-4-3-5-9(10)13-11(7)14/h3-8H,1-2H3. The highest BCUT2D eigenvalue weighted by molar-refractivity contribution is 5.95. The highest BCUT2D eigenvalue weighted by atomic mass is 16.2. The van der Waals surface area contributed by atoms with Crippen LogP contribution in [0.3, 0.4) is 0 Å². The SMILES string of the molecule is CC1C(=O)n2c(nc3ccccc32)C1C. The maximum Gasteiger partial charge on any atom is 0.236 e. The molecule has 15 heavy (non-hydrogen) atoms. The van der Waals surface area contributed by atoms with Gasteiger partial charge >= 0.3 is 0 Å². The molecule has 3 nitrogen and oxygen atoms in total. The Kier molecular flexibility index (Phi) is 1.55. The third-order valence-electron chi connectivity index (χ3n) is 3.35. The van der Waals surface area contributed by atoms with Crippen LogP contribution in [0, 0.1) is 5.92 Å². The zero-order valence-electron chi connectivity index (χ0n) is 8.77. The van der Waals surface area contributed by atoms with Crippen molar-refractivity contribution < 1.29 is 4.79 Å². The maximum atomic E-state index is 12.0. The minimum atomic E-state index is 0.0529. The van der Waals surface area contributed by atoms with Gasteiger partial charge < -0.3 is 0 Å². The van der Waals surface area contributed by atoms with Crippen LogP contribution in [-0.2, 0) is 0 Å². The molecule has 0 bridgehead atoms. The third-order valence-corrected chi connectivity index (χ3v) is 3.35. The van der Waals surface area contributed by atoms with Gasteiger partial charge in [-0.2, -0.15) is 0 Å². The van der Waals surface area contributed by atoms with Crippen molar-refractivity contribution in [2.45, 2.75) is 19.8 Å². The first kappa shape index (κ1) is 8.65. The Morgan fingerprint density at radius 1 is 1.20 bits per heavy atom. The van der Waals surface area contributed by atoms with Crippen LogP contribution >= 0.6 is 0 Å². The Morgan fingerprint density at radius 3 is 2.73 bits per heavy atom. The molecule has 2 atom stereocenters. The lowest BCUT2D eigenvalue weighted by Gasteiger charge is -2.04. The van der Waals surface area contributed by atoms with E-state index in [1.165, 1.54) is 0 Å². The first-order valence-electron chi connectivity index (χ1n) is 5.21. The van der Waals surface area contributed by atoms with Crippen LogP contribution in [0.4, 0.5) is 0 Å². The second-order valence-electron chi connectivity index (χ2n) is 4.21. The number of nitrogens with zero attached hydrogens (tertiary/aromatic N) is 2. The van der Waals surface area contributed by atoms with Crippen LogP contribution < -0.4 is 0 Å². The molecular formula is C12H12N2O. The summed E-state index contributed by atoms with van der Waals surface area (Å²) in [5, 5.41) is 0. The van der Waals surface area contributed by atoms with Gasteiger partial charge in [0.2, 0.25) is 5.91 Å². The molecule has 1 aromatic carbocycles. The van der Waals surface area contributed by atoms with Gasteiger partial charge in [-0.1, -0.05) is 26.0 Å². The Morgan fingerprint density at radius 2 is 1.93 bits per heavy atom. The highest BCUT2D eigenvalue weighted by Crippen LogP contribution is 2.34. The predicted molar refractivity (Wildman–Crippen MR) is 57.9 cm³/mol. The summed E-state index contributed by atoms with van der Waals surface area (Å²) in [7, 11) is 0. The van der Waals surface area contributed by atoms with Gasteiger partial charge in [0.25, 0.3) is 0 Å². The summed E-state index contributed by atoms with van der Waals surface area (Å²) >= 11 is 0. The van der Waals surface area contributed by atoms with Gasteiger partial charge in [0.05, 0.1) is 11.0 Å². The molecule has 1 aromatic heterocycles. The van der Waals surface area contributed by atoms with E-state index in [1.807, 2.05) is 31.2 Å². The molecule has 0 amide bonds. The minimum absolute atomic E-state index is 0.0529. The van der Waals surface area contributed by atoms with Crippen LogP contribution in [0.1, 0.15) is 30.4 Å². The number of para-hydroxylation sites is 2. The number of benzene rings is 1. The number of hydrogen-bond acceptors (Lipinski definition) is 2. The van der Waals surface area contributed by atoms with E-state index in [9.17, 15) is 4.79 Å². The molecular weight excluding hydrogens is 188 g/mol. The monoisotopic (exact) mass is 200 g/mol. The molecule has 1 aliphatic heterocycles. The van der Waals surface area contributed by atoms with Crippen molar-refractivity contribution in [3.63, 3.8) is 0 Å². The van der Waals surface area contributed by atoms with Gasteiger partial charge in [-0.25, -0.2) is 4.98 Å². The van der Waals surface area contributed by atoms with E-state index >= 15 is 0 Å². The van der Waals surface area contributed by atoms with Crippen molar-refractivity contribution in [3.05, 3.63) is 30.1 Å². The largest absolute Gasteiger partial charge is 0.274 e. The van der Waals surface area contributed by atoms with E-state index in [0.717, 1.165) is 16.9 Å². The fourth-order valence-corrected chi connectivity index (χ4v) is 2.22. The van der Waals surface area contributed by atoms with Gasteiger partial charge in [0, 0.05) is 11.8 Å². The van der Waals surface area contributed by atoms with Crippen molar-refractivity contribution in [2.75, 3.05) is 0 Å². The molecule has 0 N–H and O–H groups in total. The Bertz CT molecular complexity index is 556. The molecule has 2 heterocycles. The quantitative estimate of drug-likeness (QED) is 0.654. The smallest absolute Gasteiger partial charge is 0.236 e. The Hall–Kier alpha value is -1.64. The summed E-state index contributed by atoms with van der Waals surface area (Å²) in [5.74, 6) is 1.36. The van der Waals surface area contributed by atoms with Gasteiger partial charge in [0.1, 0.15) is 5.82 Å². The molecule has 76 valence electrons. The number of hydrogen-bond donors (Lipinski definition) is 0. The first-order chi connectivity index (χ1) is 7.20. The zero-order chi connectivity index (χ0) is 10.6. The lowest BCUT2D eigenvalue weighted by molar-refractivity contribution is 0.0871. The number of imidazole rings is 1. The molecule has 0 fully saturated rings. The number of carbonyl (C=O) groups excluding carboxylic acids is 1. The average molecular weight is 200 g/mol. The second kappa shape index (κ2) is 2.69. The molecule has 3 heteroatoms. The summed E-state index contributed by atoms with van der Waals surface area (Å²) < 4.78 is 1.77. The molecule has 0 saturated heterocycles. The van der Waals surface area contributed by atoms with E-state index in [2.05, 4.69) is 11.9 Å². The fraction of sp³-hybridized carbons (Fsp3) is 0.333. The summed E-state index contributed by atoms with van der Waals surface area (Å²) in [6.07, 6.45) is 0. The zero-order valence-corrected chi connectivity index (χ0v) is 8.77. The molecule has 2 unspecified atom stereocenters. The van der Waals surface area contributed by atoms with E-state index in [0.29, 0.717) is 0 Å².